The molecule has 0 radical (unpaired) electrons. The number of hydrogen-bond donors (Lipinski definition) is 1. The van der Waals surface area contributed by atoms with Gasteiger partial charge in [0.05, 0.1) is 0 Å². The van der Waals surface area contributed by atoms with Crippen LogP contribution in [0, 0.1) is 0 Å². The summed E-state index contributed by atoms with van der Waals surface area (Å²) in [5.74, 6) is -0.308. The first-order chi connectivity index (χ1) is 5.83. The highest BCUT2D eigenvalue weighted by Gasteiger charge is 2.11. The van der Waals surface area contributed by atoms with Crippen LogP contribution in [-0.2, 0) is 9.53 Å². The lowest BCUT2D eigenvalue weighted by Crippen LogP contribution is -2.43. The van der Waals surface area contributed by atoms with Gasteiger partial charge in [-0.2, -0.15) is 0 Å². The number of carbonyl (C=O) groups excluding carboxylic acids is 1. The first-order valence-electron chi connectivity index (χ1n) is 4.40. The fraction of sp³-hybridized carbons (Fsp3) is 0.667. The number of carbonyl (C=O) groups is 1. The first-order valence-corrected chi connectivity index (χ1v) is 7.90. The normalized spacial score (nSPS) is 11.1. The molecule has 0 aliphatic heterocycles. The summed E-state index contributed by atoms with van der Waals surface area (Å²) in [6.07, 6.45) is 0. The molecule has 0 saturated heterocycles. The molecule has 0 heterocycles. The quantitative estimate of drug-likeness (QED) is 0.317. The highest BCUT2D eigenvalue weighted by atomic mass is 28.3. The molecule has 3 nitrogen and oxygen atoms in total. The van der Waals surface area contributed by atoms with E-state index in [4.69, 9.17) is 4.74 Å². The minimum atomic E-state index is -1.22. The van der Waals surface area contributed by atoms with Gasteiger partial charge in [0.2, 0.25) is 0 Å². The summed E-state index contributed by atoms with van der Waals surface area (Å²) in [6.45, 7) is 12.9. The third kappa shape index (κ3) is 7.74. The van der Waals surface area contributed by atoms with Crippen molar-refractivity contribution in [3.8, 4) is 0 Å². The molecule has 1 N–H and O–H groups in total. The van der Waals surface area contributed by atoms with Gasteiger partial charge in [-0.15, -0.1) is 0 Å². The molecule has 0 aromatic carbocycles. The lowest BCUT2D eigenvalue weighted by atomic mass is 10.4. The second kappa shape index (κ2) is 5.19. The first kappa shape index (κ1) is 12.4. The molecule has 13 heavy (non-hydrogen) atoms. The van der Waals surface area contributed by atoms with Gasteiger partial charge < -0.3 is 9.72 Å². The zero-order chi connectivity index (χ0) is 10.5. The zero-order valence-electron chi connectivity index (χ0n) is 8.94. The van der Waals surface area contributed by atoms with E-state index in [1.165, 1.54) is 0 Å². The Kier molecular flexibility index (Phi) is 4.94. The number of esters is 1. The van der Waals surface area contributed by atoms with E-state index in [1.54, 1.807) is 6.92 Å². The monoisotopic (exact) mass is 201 g/mol. The topological polar surface area (TPSA) is 38.3 Å². The average molecular weight is 201 g/mol. The van der Waals surface area contributed by atoms with Gasteiger partial charge in [-0.05, 0) is 6.92 Å². The summed E-state index contributed by atoms with van der Waals surface area (Å²) < 4.78 is 4.92. The van der Waals surface area contributed by atoms with Crippen molar-refractivity contribution in [2.45, 2.75) is 26.6 Å². The van der Waals surface area contributed by atoms with Gasteiger partial charge in [0.1, 0.15) is 14.8 Å². The van der Waals surface area contributed by atoms with Gasteiger partial charge in [-0.1, -0.05) is 26.2 Å². The molecule has 0 aliphatic rings. The van der Waals surface area contributed by atoms with Crippen LogP contribution in [0.3, 0.4) is 0 Å². The molecule has 0 spiro atoms. The van der Waals surface area contributed by atoms with Crippen molar-refractivity contribution < 1.29 is 9.53 Å². The van der Waals surface area contributed by atoms with Gasteiger partial charge in [0.25, 0.3) is 0 Å². The number of ether oxygens (including phenoxy) is 1. The molecule has 0 aliphatic carbocycles. The van der Waals surface area contributed by atoms with Crippen molar-refractivity contribution in [1.29, 1.82) is 0 Å². The Hall–Kier alpha value is -0.613. The highest BCUT2D eigenvalue weighted by Crippen LogP contribution is 1.94. The van der Waals surface area contributed by atoms with Crippen molar-refractivity contribution in [3.05, 3.63) is 12.2 Å². The molecule has 76 valence electrons. The Balaban J connectivity index is 3.47. The van der Waals surface area contributed by atoms with Crippen LogP contribution in [0.2, 0.25) is 19.6 Å². The fourth-order valence-electron chi connectivity index (χ4n) is 0.693. The third-order valence-electron chi connectivity index (χ3n) is 1.34. The van der Waals surface area contributed by atoms with E-state index in [0.29, 0.717) is 12.2 Å². The molecule has 0 bridgehead atoms. The van der Waals surface area contributed by atoms with E-state index in [1.807, 2.05) is 0 Å². The summed E-state index contributed by atoms with van der Waals surface area (Å²) in [5.41, 5.74) is 0.452. The lowest BCUT2D eigenvalue weighted by molar-refractivity contribution is -0.138. The predicted molar refractivity (Wildman–Crippen MR) is 57.1 cm³/mol. The van der Waals surface area contributed by atoms with E-state index in [2.05, 4.69) is 31.2 Å². The molecular weight excluding hydrogens is 182 g/mol. The summed E-state index contributed by atoms with van der Waals surface area (Å²) >= 11 is 0. The van der Waals surface area contributed by atoms with Crippen molar-refractivity contribution in [2.75, 3.05) is 13.2 Å². The van der Waals surface area contributed by atoms with Crippen LogP contribution in [-0.4, -0.2) is 27.4 Å². The predicted octanol–water partition coefficient (Wildman–Crippen LogP) is 1.53. The van der Waals surface area contributed by atoms with Crippen molar-refractivity contribution in [3.63, 3.8) is 0 Å². The third-order valence-corrected chi connectivity index (χ3v) is 2.65. The minimum absolute atomic E-state index is 0.308. The van der Waals surface area contributed by atoms with Crippen LogP contribution in [0.5, 0.6) is 0 Å². The van der Waals surface area contributed by atoms with Crippen LogP contribution in [0.4, 0.5) is 0 Å². The summed E-state index contributed by atoms with van der Waals surface area (Å²) in [7, 11) is -1.22. The standard InChI is InChI=1S/C9H19NO2Si/c1-8(2)9(11)12-7-6-10-13(3,4)5/h10H,1,6-7H2,2-5H3. The van der Waals surface area contributed by atoms with Gasteiger partial charge in [-0.25, -0.2) is 4.79 Å². The summed E-state index contributed by atoms with van der Waals surface area (Å²) in [4.78, 5) is 14.3. The van der Waals surface area contributed by atoms with E-state index < -0.39 is 8.24 Å². The maximum atomic E-state index is 10.9. The second-order valence-corrected chi connectivity index (χ2v) is 8.95. The molecule has 0 fully saturated rings. The van der Waals surface area contributed by atoms with Crippen LogP contribution < -0.4 is 4.98 Å². The Morgan fingerprint density at radius 3 is 2.38 bits per heavy atom. The molecule has 0 amide bonds. The van der Waals surface area contributed by atoms with E-state index in [-0.39, 0.29) is 5.97 Å². The molecule has 0 atom stereocenters. The summed E-state index contributed by atoms with van der Waals surface area (Å²) in [6, 6.07) is 0. The van der Waals surface area contributed by atoms with Crippen LogP contribution in [0.25, 0.3) is 0 Å². The Labute approximate surface area is 81.3 Å². The second-order valence-electron chi connectivity index (χ2n) is 4.09. The van der Waals surface area contributed by atoms with Crippen LogP contribution in [0.15, 0.2) is 12.2 Å². The summed E-state index contributed by atoms with van der Waals surface area (Å²) in [5, 5.41) is 0. The van der Waals surface area contributed by atoms with Crippen molar-refractivity contribution in [2.24, 2.45) is 0 Å². The lowest BCUT2D eigenvalue weighted by Gasteiger charge is -2.17. The molecule has 4 heteroatoms. The maximum absolute atomic E-state index is 10.9. The molecule has 0 aromatic heterocycles. The Morgan fingerprint density at radius 1 is 1.46 bits per heavy atom. The number of rotatable bonds is 5. The van der Waals surface area contributed by atoms with Gasteiger partial charge >= 0.3 is 5.97 Å². The Bertz CT molecular complexity index is 196. The minimum Gasteiger partial charge on any atom is -0.461 e. The number of hydrogen-bond acceptors (Lipinski definition) is 3. The maximum Gasteiger partial charge on any atom is 0.333 e. The van der Waals surface area contributed by atoms with E-state index in [0.717, 1.165) is 6.54 Å². The van der Waals surface area contributed by atoms with Gasteiger partial charge in [0, 0.05) is 12.1 Å². The Morgan fingerprint density at radius 2 is 2.00 bits per heavy atom. The molecule has 0 unspecified atom stereocenters. The highest BCUT2D eigenvalue weighted by molar-refractivity contribution is 6.73. The fourth-order valence-corrected chi connectivity index (χ4v) is 1.55. The van der Waals surface area contributed by atoms with Crippen LogP contribution >= 0.6 is 0 Å². The zero-order valence-corrected chi connectivity index (χ0v) is 9.94. The van der Waals surface area contributed by atoms with Crippen molar-refractivity contribution >= 4 is 14.2 Å². The van der Waals surface area contributed by atoms with Crippen LogP contribution in [0.1, 0.15) is 6.92 Å². The average Bonchev–Trinajstić information content (AvgIpc) is 1.95. The molecular formula is C9H19NO2Si. The van der Waals surface area contributed by atoms with Gasteiger partial charge in [-0.3, -0.25) is 0 Å². The van der Waals surface area contributed by atoms with E-state index in [9.17, 15) is 4.79 Å². The SMILES string of the molecule is C=C(C)C(=O)OCCN[Si](C)(C)C. The molecule has 0 aromatic rings. The van der Waals surface area contributed by atoms with Gasteiger partial charge in [0.15, 0.2) is 0 Å². The molecule has 0 saturated carbocycles. The molecule has 0 rings (SSSR count). The number of nitrogens with one attached hydrogen (secondary N) is 1. The largest absolute Gasteiger partial charge is 0.461 e. The van der Waals surface area contributed by atoms with E-state index >= 15 is 0 Å². The van der Waals surface area contributed by atoms with Crippen molar-refractivity contribution in [1.82, 2.24) is 4.98 Å². The smallest absolute Gasteiger partial charge is 0.333 e.